The van der Waals surface area contributed by atoms with Crippen LogP contribution in [0.4, 0.5) is 0 Å². The zero-order chi connectivity index (χ0) is 21.9. The van der Waals surface area contributed by atoms with Gasteiger partial charge in [0, 0.05) is 0 Å². The van der Waals surface area contributed by atoms with Crippen LogP contribution in [-0.2, 0) is 24.4 Å². The number of benzene rings is 1. The lowest BCUT2D eigenvalue weighted by Crippen LogP contribution is -2.17. The van der Waals surface area contributed by atoms with Gasteiger partial charge >= 0.3 is 0 Å². The molecule has 1 N–H and O–H groups in total. The van der Waals surface area contributed by atoms with Crippen LogP contribution in [0.2, 0.25) is 0 Å². The van der Waals surface area contributed by atoms with E-state index in [0.29, 0.717) is 59.5 Å². The first-order valence-corrected chi connectivity index (χ1v) is 11.3. The number of rotatable bonds is 20. The van der Waals surface area contributed by atoms with Crippen LogP contribution in [0.3, 0.4) is 0 Å². The Morgan fingerprint density at radius 2 is 1.20 bits per heavy atom. The van der Waals surface area contributed by atoms with Gasteiger partial charge in [-0.25, -0.2) is 0 Å². The molecule has 0 aliphatic carbocycles. The molecule has 6 heteroatoms. The lowest BCUT2D eigenvalue weighted by molar-refractivity contribution is -0.00779. The molecule has 0 saturated heterocycles. The first-order valence-electron chi connectivity index (χ1n) is 11.3. The van der Waals surface area contributed by atoms with Crippen LogP contribution < -0.4 is 4.74 Å². The number of aliphatic hydroxyl groups is 1. The summed E-state index contributed by atoms with van der Waals surface area (Å²) in [6.45, 7) is 11.4. The summed E-state index contributed by atoms with van der Waals surface area (Å²) >= 11 is 0. The van der Waals surface area contributed by atoms with E-state index in [4.69, 9.17) is 28.8 Å². The Labute approximate surface area is 182 Å². The molecule has 0 spiro atoms. The van der Waals surface area contributed by atoms with Crippen LogP contribution >= 0.6 is 0 Å². The first kappa shape index (κ1) is 26.9. The molecule has 0 heterocycles. The van der Waals surface area contributed by atoms with Crippen molar-refractivity contribution < 1.29 is 28.8 Å². The second-order valence-corrected chi connectivity index (χ2v) is 7.89. The van der Waals surface area contributed by atoms with Gasteiger partial charge in [-0.1, -0.05) is 52.2 Å². The van der Waals surface area contributed by atoms with Crippen molar-refractivity contribution in [2.45, 2.75) is 51.9 Å². The highest BCUT2D eigenvalue weighted by molar-refractivity contribution is 5.31. The van der Waals surface area contributed by atoms with E-state index in [-0.39, 0.29) is 12.0 Å². The third-order valence-corrected chi connectivity index (χ3v) is 4.89. The Morgan fingerprint density at radius 1 is 0.700 bits per heavy atom. The largest absolute Gasteiger partial charge is 0.491 e. The minimum Gasteiger partial charge on any atom is -0.491 e. The third-order valence-electron chi connectivity index (χ3n) is 4.89. The molecule has 0 radical (unpaired) electrons. The lowest BCUT2D eigenvalue weighted by Gasteiger charge is -2.25. The average molecular weight is 427 g/mol. The molecule has 0 aromatic heterocycles. The maximum absolute atomic E-state index is 8.56. The van der Waals surface area contributed by atoms with Gasteiger partial charge in [0.15, 0.2) is 0 Å². The van der Waals surface area contributed by atoms with Crippen LogP contribution in [-0.4, -0.2) is 71.2 Å². The van der Waals surface area contributed by atoms with E-state index in [0.717, 1.165) is 5.75 Å². The van der Waals surface area contributed by atoms with Crippen LogP contribution in [0.15, 0.2) is 24.3 Å². The van der Waals surface area contributed by atoms with Gasteiger partial charge in [-0.15, -0.1) is 0 Å². The van der Waals surface area contributed by atoms with Gasteiger partial charge in [0.05, 0.1) is 59.5 Å². The van der Waals surface area contributed by atoms with E-state index >= 15 is 0 Å². The van der Waals surface area contributed by atoms with Crippen molar-refractivity contribution in [3.8, 4) is 5.75 Å². The summed E-state index contributed by atoms with van der Waals surface area (Å²) in [6.07, 6.45) is 5.04. The second-order valence-electron chi connectivity index (χ2n) is 7.89. The smallest absolute Gasteiger partial charge is 0.119 e. The zero-order valence-corrected chi connectivity index (χ0v) is 19.2. The molecular formula is C24H42O6. The zero-order valence-electron chi connectivity index (χ0n) is 19.2. The van der Waals surface area contributed by atoms with Gasteiger partial charge in [-0.2, -0.15) is 0 Å². The second kappa shape index (κ2) is 17.5. The summed E-state index contributed by atoms with van der Waals surface area (Å²) < 4.78 is 27.1. The highest BCUT2D eigenvalue weighted by atomic mass is 16.6. The number of aliphatic hydroxyl groups excluding tert-OH is 1. The molecule has 0 atom stereocenters. The highest BCUT2D eigenvalue weighted by Gasteiger charge is 2.19. The van der Waals surface area contributed by atoms with E-state index in [9.17, 15) is 0 Å². The predicted octanol–water partition coefficient (Wildman–Crippen LogP) is 3.98. The summed E-state index contributed by atoms with van der Waals surface area (Å²) in [6, 6.07) is 8.46. The molecule has 174 valence electrons. The lowest BCUT2D eigenvalue weighted by atomic mass is 9.80. The molecular weight excluding hydrogens is 384 g/mol. The molecule has 0 aliphatic heterocycles. The topological polar surface area (TPSA) is 66.4 Å². The Kier molecular flexibility index (Phi) is 15.7. The number of hydrogen-bond donors (Lipinski definition) is 1. The van der Waals surface area contributed by atoms with Crippen LogP contribution in [0.5, 0.6) is 5.75 Å². The van der Waals surface area contributed by atoms with Crippen molar-refractivity contribution in [2.24, 2.45) is 0 Å². The fraction of sp³-hybridized carbons (Fsp3) is 0.750. The molecule has 30 heavy (non-hydrogen) atoms. The molecule has 0 amide bonds. The molecule has 6 nitrogen and oxygen atoms in total. The molecule has 1 aromatic rings. The summed E-state index contributed by atoms with van der Waals surface area (Å²) in [5.74, 6) is 0.878. The quantitative estimate of drug-likeness (QED) is 0.318. The molecule has 1 aromatic carbocycles. The SMILES string of the molecule is CCCCCC(C)(C)c1ccc(OCCOCCOCCOCCOCCO)cc1. The Hall–Kier alpha value is -1.18. The van der Waals surface area contributed by atoms with Gasteiger partial charge in [0.1, 0.15) is 12.4 Å². The van der Waals surface area contributed by atoms with E-state index in [2.05, 4.69) is 45.0 Å². The predicted molar refractivity (Wildman–Crippen MR) is 119 cm³/mol. The van der Waals surface area contributed by atoms with Crippen molar-refractivity contribution in [1.82, 2.24) is 0 Å². The number of unbranched alkanes of at least 4 members (excludes halogenated alkanes) is 2. The number of hydrogen-bond acceptors (Lipinski definition) is 6. The van der Waals surface area contributed by atoms with Crippen molar-refractivity contribution in [2.75, 3.05) is 66.1 Å². The van der Waals surface area contributed by atoms with Gasteiger partial charge in [0.25, 0.3) is 0 Å². The monoisotopic (exact) mass is 426 g/mol. The van der Waals surface area contributed by atoms with E-state index in [1.807, 2.05) is 0 Å². The maximum atomic E-state index is 8.56. The Bertz CT molecular complexity index is 503. The molecule has 0 saturated carbocycles. The van der Waals surface area contributed by atoms with Crippen molar-refractivity contribution >= 4 is 0 Å². The van der Waals surface area contributed by atoms with Gasteiger partial charge < -0.3 is 28.8 Å². The minimum atomic E-state index is 0.0397. The molecule has 0 fully saturated rings. The van der Waals surface area contributed by atoms with Gasteiger partial charge in [0.2, 0.25) is 0 Å². The maximum Gasteiger partial charge on any atom is 0.119 e. The van der Waals surface area contributed by atoms with Gasteiger partial charge in [-0.3, -0.25) is 0 Å². The molecule has 0 unspecified atom stereocenters. The first-order chi connectivity index (χ1) is 14.6. The normalized spacial score (nSPS) is 11.7. The van der Waals surface area contributed by atoms with Crippen molar-refractivity contribution in [3.05, 3.63) is 29.8 Å². The van der Waals surface area contributed by atoms with Crippen molar-refractivity contribution in [3.63, 3.8) is 0 Å². The van der Waals surface area contributed by atoms with Crippen LogP contribution in [0.1, 0.15) is 52.0 Å². The van der Waals surface area contributed by atoms with Crippen LogP contribution in [0.25, 0.3) is 0 Å². The summed E-state index contributed by atoms with van der Waals surface area (Å²) in [4.78, 5) is 0. The Balaban J connectivity index is 2.00. The fourth-order valence-corrected chi connectivity index (χ4v) is 3.01. The average Bonchev–Trinajstić information content (AvgIpc) is 2.74. The summed E-state index contributed by atoms with van der Waals surface area (Å²) in [5, 5.41) is 8.56. The minimum absolute atomic E-state index is 0.0397. The third kappa shape index (κ3) is 13.2. The van der Waals surface area contributed by atoms with Crippen LogP contribution in [0, 0.1) is 0 Å². The number of ether oxygens (including phenoxy) is 5. The molecule has 0 aliphatic rings. The highest BCUT2D eigenvalue weighted by Crippen LogP contribution is 2.30. The van der Waals surface area contributed by atoms with Gasteiger partial charge in [-0.05, 0) is 29.5 Å². The summed E-state index contributed by atoms with van der Waals surface area (Å²) in [7, 11) is 0. The summed E-state index contributed by atoms with van der Waals surface area (Å²) in [5.41, 5.74) is 1.57. The Morgan fingerprint density at radius 3 is 1.70 bits per heavy atom. The van der Waals surface area contributed by atoms with E-state index < -0.39 is 0 Å². The van der Waals surface area contributed by atoms with E-state index in [1.165, 1.54) is 31.2 Å². The fourth-order valence-electron chi connectivity index (χ4n) is 3.01. The standard InChI is InChI=1S/C24H42O6/c1-4-5-6-11-24(2,3)22-7-9-23(10-8-22)30-21-20-29-19-18-28-17-16-27-15-14-26-13-12-25/h7-10,25H,4-6,11-21H2,1-3H3. The molecule has 1 rings (SSSR count). The van der Waals surface area contributed by atoms with Crippen molar-refractivity contribution in [1.29, 1.82) is 0 Å². The molecule has 0 bridgehead atoms. The van der Waals surface area contributed by atoms with E-state index in [1.54, 1.807) is 0 Å².